The molecule has 0 aromatic heterocycles. The highest BCUT2D eigenvalue weighted by Gasteiger charge is 2.01. The Morgan fingerprint density at radius 3 is 2.33 bits per heavy atom. The summed E-state index contributed by atoms with van der Waals surface area (Å²) in [6.07, 6.45) is 0. The topological polar surface area (TPSA) is 29.5 Å². The molecule has 0 saturated heterocycles. The Morgan fingerprint density at radius 1 is 1.50 bits per heavy atom. The summed E-state index contributed by atoms with van der Waals surface area (Å²) in [5.74, 6) is -0.313. The van der Waals surface area contributed by atoms with Gasteiger partial charge in [0.05, 0.1) is 0 Å². The summed E-state index contributed by atoms with van der Waals surface area (Å²) >= 11 is 0. The van der Waals surface area contributed by atoms with Gasteiger partial charge in [-0.15, -0.1) is 0 Å². The number of likely N-dealkylation sites (N-methyl/N-ethyl adjacent to an activating group) is 1. The van der Waals surface area contributed by atoms with Crippen molar-refractivity contribution in [2.45, 2.75) is 14.4 Å². The second kappa shape index (κ2) is 6.85. The Bertz CT molecular complexity index is 153. The maximum atomic E-state index is 10.8. The number of esters is 1. The Labute approximate surface area is 75.0 Å². The first-order valence-corrected chi connectivity index (χ1v) is 3.51. The molecule has 0 fully saturated rings. The fraction of sp³-hybridized carbons (Fsp3) is 0.667. The molecule has 0 aromatic carbocycles. The molecule has 72 valence electrons. The zero-order valence-electron chi connectivity index (χ0n) is 7.39. The van der Waals surface area contributed by atoms with Crippen molar-refractivity contribution in [3.63, 3.8) is 0 Å². The predicted octanol–water partition coefficient (Wildman–Crippen LogP) is 1.30. The molecule has 0 heterocycles. The maximum absolute atomic E-state index is 10.8. The third kappa shape index (κ3) is 7.28. The van der Waals surface area contributed by atoms with Gasteiger partial charge in [-0.25, -0.2) is 4.79 Å². The van der Waals surface area contributed by atoms with Crippen LogP contribution in [0, 0.1) is 0 Å². The molecule has 0 radical (unpaired) electrons. The van der Waals surface area contributed by atoms with Gasteiger partial charge >= 0.3 is 5.97 Å². The highest BCUT2D eigenvalue weighted by molar-refractivity contribution is 5.86. The number of hydrogen-bond donors (Lipinski definition) is 0. The summed E-state index contributed by atoms with van der Waals surface area (Å²) < 4.78 is 4.83. The van der Waals surface area contributed by atoms with Crippen LogP contribution in [0.15, 0.2) is 12.2 Å². The summed E-state index contributed by atoms with van der Waals surface area (Å²) in [6, 6.07) is 0. The van der Waals surface area contributed by atoms with Gasteiger partial charge in [-0.1, -0.05) is 14.0 Å². The van der Waals surface area contributed by atoms with Crippen molar-refractivity contribution < 1.29 is 9.53 Å². The summed E-state index contributed by atoms with van der Waals surface area (Å²) in [7, 11) is 3.85. The lowest BCUT2D eigenvalue weighted by atomic mass is 10.4. The molecular weight excluding hydrogens is 154 g/mol. The van der Waals surface area contributed by atoms with Crippen LogP contribution in [0.4, 0.5) is 0 Å². The van der Waals surface area contributed by atoms with Gasteiger partial charge in [-0.2, -0.15) is 0 Å². The van der Waals surface area contributed by atoms with E-state index in [1.54, 1.807) is 6.92 Å². The molecule has 0 spiro atoms. The minimum absolute atomic E-state index is 0. The van der Waals surface area contributed by atoms with E-state index < -0.39 is 0 Å². The van der Waals surface area contributed by atoms with Crippen LogP contribution in [0.2, 0.25) is 0 Å². The molecule has 0 atom stereocenters. The third-order valence-electron chi connectivity index (χ3n) is 1.12. The molecule has 0 aliphatic heterocycles. The third-order valence-corrected chi connectivity index (χ3v) is 1.12. The van der Waals surface area contributed by atoms with Crippen LogP contribution in [0.5, 0.6) is 0 Å². The molecule has 0 aliphatic rings. The van der Waals surface area contributed by atoms with Gasteiger partial charge in [-0.3, -0.25) is 0 Å². The molecular formula is C9H19NO2. The number of nitrogens with zero attached hydrogens (tertiary/aromatic N) is 1. The molecule has 0 aliphatic carbocycles. The molecule has 0 unspecified atom stereocenters. The van der Waals surface area contributed by atoms with E-state index in [-0.39, 0.29) is 13.4 Å². The van der Waals surface area contributed by atoms with Crippen LogP contribution in [0.1, 0.15) is 14.4 Å². The summed E-state index contributed by atoms with van der Waals surface area (Å²) in [5, 5.41) is 0. The molecule has 0 bridgehead atoms. The van der Waals surface area contributed by atoms with Crippen molar-refractivity contribution in [2.24, 2.45) is 0 Å². The van der Waals surface area contributed by atoms with Gasteiger partial charge in [0.1, 0.15) is 6.61 Å². The quantitative estimate of drug-likeness (QED) is 0.474. The predicted molar refractivity (Wildman–Crippen MR) is 51.1 cm³/mol. The van der Waals surface area contributed by atoms with E-state index in [4.69, 9.17) is 4.74 Å². The summed E-state index contributed by atoms with van der Waals surface area (Å²) in [4.78, 5) is 12.7. The van der Waals surface area contributed by atoms with E-state index in [1.807, 2.05) is 19.0 Å². The van der Waals surface area contributed by atoms with Crippen molar-refractivity contribution in [1.82, 2.24) is 4.90 Å². The second-order valence-electron chi connectivity index (χ2n) is 2.72. The molecule has 0 N–H and O–H groups in total. The average molecular weight is 173 g/mol. The normalized spacial score (nSPS) is 9.00. The zero-order valence-corrected chi connectivity index (χ0v) is 7.39. The highest BCUT2D eigenvalue weighted by Crippen LogP contribution is 1.91. The number of carbonyl (C=O) groups is 1. The van der Waals surface area contributed by atoms with E-state index in [9.17, 15) is 4.79 Å². The molecule has 0 amide bonds. The van der Waals surface area contributed by atoms with Gasteiger partial charge in [0.25, 0.3) is 0 Å². The molecule has 0 aromatic rings. The van der Waals surface area contributed by atoms with Crippen LogP contribution in [-0.4, -0.2) is 38.1 Å². The van der Waals surface area contributed by atoms with Crippen molar-refractivity contribution in [2.75, 3.05) is 27.2 Å². The number of hydrogen-bond acceptors (Lipinski definition) is 3. The minimum atomic E-state index is -0.313. The van der Waals surface area contributed by atoms with Gasteiger partial charge < -0.3 is 9.64 Å². The number of rotatable bonds is 4. The maximum Gasteiger partial charge on any atom is 0.333 e. The molecule has 0 saturated carbocycles. The lowest BCUT2D eigenvalue weighted by molar-refractivity contribution is -0.139. The van der Waals surface area contributed by atoms with Crippen LogP contribution < -0.4 is 0 Å². The van der Waals surface area contributed by atoms with Crippen LogP contribution in [0.3, 0.4) is 0 Å². The Balaban J connectivity index is 0. The van der Waals surface area contributed by atoms with E-state index in [0.717, 1.165) is 6.54 Å². The fourth-order valence-electron chi connectivity index (χ4n) is 0.444. The van der Waals surface area contributed by atoms with Crippen molar-refractivity contribution in [1.29, 1.82) is 0 Å². The lowest BCUT2D eigenvalue weighted by Crippen LogP contribution is -2.20. The largest absolute Gasteiger partial charge is 0.461 e. The Morgan fingerprint density at radius 2 is 2.00 bits per heavy atom. The molecule has 0 rings (SSSR count). The first-order chi connectivity index (χ1) is 5.04. The first-order valence-electron chi connectivity index (χ1n) is 3.51. The smallest absolute Gasteiger partial charge is 0.333 e. The lowest BCUT2D eigenvalue weighted by Gasteiger charge is -2.09. The SMILES string of the molecule is C.C=C(C)C(=O)OCCN(C)C. The Hall–Kier alpha value is -0.830. The summed E-state index contributed by atoms with van der Waals surface area (Å²) in [6.45, 7) is 6.28. The fourth-order valence-corrected chi connectivity index (χ4v) is 0.444. The van der Waals surface area contributed by atoms with Gasteiger partial charge in [0.2, 0.25) is 0 Å². The van der Waals surface area contributed by atoms with Gasteiger partial charge in [0, 0.05) is 12.1 Å². The van der Waals surface area contributed by atoms with Crippen LogP contribution in [-0.2, 0) is 9.53 Å². The van der Waals surface area contributed by atoms with E-state index in [0.29, 0.717) is 12.2 Å². The Kier molecular flexibility index (Phi) is 7.85. The summed E-state index contributed by atoms with van der Waals surface area (Å²) in [5.41, 5.74) is 0.448. The highest BCUT2D eigenvalue weighted by atomic mass is 16.5. The second-order valence-corrected chi connectivity index (χ2v) is 2.72. The zero-order chi connectivity index (χ0) is 8.85. The van der Waals surface area contributed by atoms with Crippen molar-refractivity contribution in [3.8, 4) is 0 Å². The van der Waals surface area contributed by atoms with E-state index in [2.05, 4.69) is 6.58 Å². The minimum Gasteiger partial charge on any atom is -0.461 e. The van der Waals surface area contributed by atoms with Crippen molar-refractivity contribution >= 4 is 5.97 Å². The number of ether oxygens (including phenoxy) is 1. The van der Waals surface area contributed by atoms with Gasteiger partial charge in [-0.05, 0) is 21.0 Å². The van der Waals surface area contributed by atoms with E-state index in [1.165, 1.54) is 0 Å². The molecule has 3 nitrogen and oxygen atoms in total. The molecule has 12 heavy (non-hydrogen) atoms. The monoisotopic (exact) mass is 173 g/mol. The first kappa shape index (κ1) is 13.7. The standard InChI is InChI=1S/C8H15NO2.CH4/c1-7(2)8(10)11-6-5-9(3)4;/h1,5-6H2,2-4H3;1H4. The van der Waals surface area contributed by atoms with E-state index >= 15 is 0 Å². The number of carbonyl (C=O) groups excluding carboxylic acids is 1. The molecule has 3 heteroatoms. The van der Waals surface area contributed by atoms with Crippen LogP contribution >= 0.6 is 0 Å². The van der Waals surface area contributed by atoms with Crippen LogP contribution in [0.25, 0.3) is 0 Å². The van der Waals surface area contributed by atoms with Gasteiger partial charge in [0.15, 0.2) is 0 Å². The average Bonchev–Trinajstić information content (AvgIpc) is 1.86. The van der Waals surface area contributed by atoms with Crippen molar-refractivity contribution in [3.05, 3.63) is 12.2 Å².